The Hall–Kier alpha value is -4.00. The number of aryl methyl sites for hydroxylation is 2. The van der Waals surface area contributed by atoms with Gasteiger partial charge >= 0.3 is 6.01 Å². The number of para-hydroxylation sites is 2. The molecule has 0 saturated carbocycles. The fourth-order valence-corrected chi connectivity index (χ4v) is 3.33. The first-order valence-corrected chi connectivity index (χ1v) is 9.22. The first-order valence-electron chi connectivity index (χ1n) is 9.22. The van der Waals surface area contributed by atoms with Crippen LogP contribution in [-0.2, 0) is 7.05 Å². The molecule has 2 aromatic carbocycles. The van der Waals surface area contributed by atoms with Crippen LogP contribution < -0.4 is 10.1 Å². The molecule has 5 aromatic rings. The number of benzene rings is 2. The summed E-state index contributed by atoms with van der Waals surface area (Å²) in [7, 11) is 2.00. The summed E-state index contributed by atoms with van der Waals surface area (Å²) < 4.78 is 7.83. The van der Waals surface area contributed by atoms with Crippen molar-refractivity contribution >= 4 is 33.6 Å². The molecule has 0 unspecified atom stereocenters. The minimum absolute atomic E-state index is 0.303. The van der Waals surface area contributed by atoms with E-state index in [1.165, 1.54) is 0 Å². The summed E-state index contributed by atoms with van der Waals surface area (Å²) in [5.74, 6) is 1.40. The van der Waals surface area contributed by atoms with E-state index in [4.69, 9.17) is 9.72 Å². The molecule has 0 atom stereocenters. The van der Waals surface area contributed by atoms with Crippen LogP contribution in [-0.4, -0.2) is 24.5 Å². The van der Waals surface area contributed by atoms with Gasteiger partial charge in [0.2, 0.25) is 5.95 Å². The molecular weight excluding hydrogens is 364 g/mol. The van der Waals surface area contributed by atoms with Crippen molar-refractivity contribution in [3.63, 3.8) is 0 Å². The standard InChI is InChI=1S/C22H18N6O/c1-14-12-19(27-21-26-18-6-3-4-7-20(18)28(21)2)16-13-15(8-9-17(16)25-14)29-22-23-10-5-11-24-22/h3-13H,1-2H3,(H,25,26,27). The summed E-state index contributed by atoms with van der Waals surface area (Å²) >= 11 is 0. The highest BCUT2D eigenvalue weighted by Crippen LogP contribution is 2.31. The Labute approximate surface area is 167 Å². The fraction of sp³-hybridized carbons (Fsp3) is 0.0909. The van der Waals surface area contributed by atoms with Crippen molar-refractivity contribution in [2.75, 3.05) is 5.32 Å². The second-order valence-corrected chi connectivity index (χ2v) is 6.73. The number of pyridine rings is 1. The molecule has 0 spiro atoms. The van der Waals surface area contributed by atoms with Crippen LogP contribution in [0, 0.1) is 6.92 Å². The molecule has 0 aliphatic rings. The summed E-state index contributed by atoms with van der Waals surface area (Å²) in [6, 6.07) is 17.8. The average molecular weight is 382 g/mol. The Morgan fingerprint density at radius 1 is 0.897 bits per heavy atom. The van der Waals surface area contributed by atoms with E-state index in [1.807, 2.05) is 61.0 Å². The predicted octanol–water partition coefficient (Wildman–Crippen LogP) is 4.76. The number of hydrogen-bond acceptors (Lipinski definition) is 6. The highest BCUT2D eigenvalue weighted by atomic mass is 16.5. The number of anilines is 2. The van der Waals surface area contributed by atoms with Crippen molar-refractivity contribution in [3.8, 4) is 11.8 Å². The summed E-state index contributed by atoms with van der Waals surface area (Å²) in [6.07, 6.45) is 3.29. The number of rotatable bonds is 4. The van der Waals surface area contributed by atoms with Crippen LogP contribution in [0.25, 0.3) is 21.9 Å². The maximum atomic E-state index is 5.80. The number of imidazole rings is 1. The Bertz CT molecular complexity index is 1330. The monoisotopic (exact) mass is 382 g/mol. The van der Waals surface area contributed by atoms with Crippen molar-refractivity contribution in [1.29, 1.82) is 0 Å². The molecule has 0 radical (unpaired) electrons. The van der Waals surface area contributed by atoms with Crippen molar-refractivity contribution < 1.29 is 4.74 Å². The number of ether oxygens (including phenoxy) is 1. The predicted molar refractivity (Wildman–Crippen MR) is 113 cm³/mol. The second kappa shape index (κ2) is 6.87. The van der Waals surface area contributed by atoms with Crippen molar-refractivity contribution in [3.05, 3.63) is 72.7 Å². The summed E-state index contributed by atoms with van der Waals surface area (Å²) in [5, 5.41) is 4.39. The van der Waals surface area contributed by atoms with E-state index in [2.05, 4.69) is 26.3 Å². The van der Waals surface area contributed by atoms with E-state index in [-0.39, 0.29) is 0 Å². The van der Waals surface area contributed by atoms with Gasteiger partial charge in [-0.25, -0.2) is 15.0 Å². The van der Waals surface area contributed by atoms with Gasteiger partial charge in [0.15, 0.2) is 0 Å². The lowest BCUT2D eigenvalue weighted by atomic mass is 10.1. The largest absolute Gasteiger partial charge is 0.424 e. The number of nitrogens with zero attached hydrogens (tertiary/aromatic N) is 5. The van der Waals surface area contributed by atoms with E-state index in [0.29, 0.717) is 11.8 Å². The third-order valence-electron chi connectivity index (χ3n) is 4.69. The smallest absolute Gasteiger partial charge is 0.321 e. The molecule has 0 amide bonds. The molecule has 29 heavy (non-hydrogen) atoms. The zero-order chi connectivity index (χ0) is 19.8. The van der Waals surface area contributed by atoms with Crippen molar-refractivity contribution in [2.45, 2.75) is 6.92 Å². The Morgan fingerprint density at radius 3 is 2.55 bits per heavy atom. The lowest BCUT2D eigenvalue weighted by molar-refractivity contribution is 0.442. The fourth-order valence-electron chi connectivity index (χ4n) is 3.33. The number of hydrogen-bond donors (Lipinski definition) is 1. The Morgan fingerprint density at radius 2 is 1.72 bits per heavy atom. The third kappa shape index (κ3) is 3.23. The first-order chi connectivity index (χ1) is 14.2. The van der Waals surface area contributed by atoms with Crippen LogP contribution in [0.2, 0.25) is 0 Å². The topological polar surface area (TPSA) is 77.8 Å². The van der Waals surface area contributed by atoms with Gasteiger partial charge in [0.1, 0.15) is 5.75 Å². The molecule has 7 heteroatoms. The zero-order valence-corrected chi connectivity index (χ0v) is 16.0. The highest BCUT2D eigenvalue weighted by Gasteiger charge is 2.12. The molecule has 0 saturated heterocycles. The third-order valence-corrected chi connectivity index (χ3v) is 4.69. The molecule has 0 bridgehead atoms. The van der Waals surface area contributed by atoms with Crippen molar-refractivity contribution in [2.24, 2.45) is 7.05 Å². The van der Waals surface area contributed by atoms with Crippen LogP contribution >= 0.6 is 0 Å². The minimum atomic E-state index is 0.303. The zero-order valence-electron chi connectivity index (χ0n) is 16.0. The molecule has 0 fully saturated rings. The lowest BCUT2D eigenvalue weighted by Gasteiger charge is -2.12. The van der Waals surface area contributed by atoms with Gasteiger partial charge < -0.3 is 14.6 Å². The molecule has 142 valence electrons. The molecule has 7 nitrogen and oxygen atoms in total. The van der Waals surface area contributed by atoms with Gasteiger partial charge in [-0.2, -0.15) is 0 Å². The molecule has 5 rings (SSSR count). The SMILES string of the molecule is Cc1cc(Nc2nc3ccccc3n2C)c2cc(Oc3ncccn3)ccc2n1. The highest BCUT2D eigenvalue weighted by molar-refractivity contribution is 5.94. The van der Waals surface area contributed by atoms with Crippen LogP contribution in [0.4, 0.5) is 11.6 Å². The summed E-state index contributed by atoms with van der Waals surface area (Å²) in [6.45, 7) is 1.97. The average Bonchev–Trinajstić information content (AvgIpc) is 3.05. The van der Waals surface area contributed by atoms with Gasteiger partial charge in [-0.3, -0.25) is 4.98 Å². The van der Waals surface area contributed by atoms with Crippen LogP contribution in [0.5, 0.6) is 11.8 Å². The number of fused-ring (bicyclic) bond motifs is 2. The van der Waals surface area contributed by atoms with Crippen LogP contribution in [0.1, 0.15) is 5.69 Å². The van der Waals surface area contributed by atoms with Gasteiger partial charge in [-0.15, -0.1) is 0 Å². The minimum Gasteiger partial charge on any atom is -0.424 e. The maximum absolute atomic E-state index is 5.80. The second-order valence-electron chi connectivity index (χ2n) is 6.73. The normalized spacial score (nSPS) is 11.1. The Balaban J connectivity index is 1.58. The van der Waals surface area contributed by atoms with E-state index in [1.54, 1.807) is 18.5 Å². The molecule has 3 heterocycles. The molecule has 0 aliphatic carbocycles. The molecule has 3 aromatic heterocycles. The van der Waals surface area contributed by atoms with E-state index >= 15 is 0 Å². The van der Waals surface area contributed by atoms with Crippen molar-refractivity contribution in [1.82, 2.24) is 24.5 Å². The quantitative estimate of drug-likeness (QED) is 0.483. The lowest BCUT2D eigenvalue weighted by Crippen LogP contribution is -2.01. The van der Waals surface area contributed by atoms with Gasteiger partial charge in [0.25, 0.3) is 0 Å². The molecule has 1 N–H and O–H groups in total. The van der Waals surface area contributed by atoms with Gasteiger partial charge in [0.05, 0.1) is 22.2 Å². The van der Waals surface area contributed by atoms with Gasteiger partial charge in [-0.1, -0.05) is 12.1 Å². The summed E-state index contributed by atoms with van der Waals surface area (Å²) in [4.78, 5) is 17.6. The van der Waals surface area contributed by atoms with Crippen LogP contribution in [0.3, 0.4) is 0 Å². The van der Waals surface area contributed by atoms with E-state index in [0.717, 1.165) is 39.3 Å². The molecular formula is C22H18N6O. The number of aromatic nitrogens is 5. The summed E-state index contributed by atoms with van der Waals surface area (Å²) in [5.41, 5.74) is 4.70. The first kappa shape index (κ1) is 17.1. The maximum Gasteiger partial charge on any atom is 0.321 e. The van der Waals surface area contributed by atoms with Crippen LogP contribution in [0.15, 0.2) is 67.0 Å². The van der Waals surface area contributed by atoms with E-state index in [9.17, 15) is 0 Å². The van der Waals surface area contributed by atoms with Gasteiger partial charge in [0, 0.05) is 30.5 Å². The number of nitrogens with one attached hydrogen (secondary N) is 1. The Kier molecular flexibility index (Phi) is 4.05. The van der Waals surface area contributed by atoms with E-state index < -0.39 is 0 Å². The van der Waals surface area contributed by atoms with Gasteiger partial charge in [-0.05, 0) is 49.4 Å². The molecule has 0 aliphatic heterocycles.